The zero-order chi connectivity index (χ0) is 14.4. The van der Waals surface area contributed by atoms with E-state index in [9.17, 15) is 9.59 Å². The highest BCUT2D eigenvalue weighted by molar-refractivity contribution is 5.92. The molecular weight excluding hydrogens is 244 g/mol. The van der Waals surface area contributed by atoms with Crippen molar-refractivity contribution in [2.75, 3.05) is 26.0 Å². The highest BCUT2D eigenvalue weighted by Crippen LogP contribution is 2.11. The monoisotopic (exact) mass is 264 g/mol. The molecule has 1 N–H and O–H groups in total. The van der Waals surface area contributed by atoms with Crippen LogP contribution in [0.3, 0.4) is 0 Å². The molecule has 1 amide bonds. The molecule has 0 bridgehead atoms. The molecule has 0 saturated heterocycles. The molecule has 0 unspecified atom stereocenters. The molecule has 1 aromatic rings. The minimum Gasteiger partial charge on any atom is -0.458 e. The van der Waals surface area contributed by atoms with Crippen LogP contribution in [0.5, 0.6) is 0 Å². The average Bonchev–Trinajstić information content (AvgIpc) is 2.27. The number of amides is 1. The van der Waals surface area contributed by atoms with E-state index in [0.29, 0.717) is 17.8 Å². The highest BCUT2D eigenvalue weighted by atomic mass is 16.5. The predicted molar refractivity (Wildman–Crippen MR) is 74.2 cm³/mol. The zero-order valence-corrected chi connectivity index (χ0v) is 11.8. The second-order valence-corrected chi connectivity index (χ2v) is 4.74. The van der Waals surface area contributed by atoms with Gasteiger partial charge in [-0.05, 0) is 45.3 Å². The second kappa shape index (κ2) is 6.89. The Morgan fingerprint density at radius 1 is 1.26 bits per heavy atom. The Labute approximate surface area is 113 Å². The number of ether oxygens (including phenoxy) is 1. The molecule has 0 spiro atoms. The molecule has 1 aromatic carbocycles. The van der Waals surface area contributed by atoms with Crippen LogP contribution < -0.4 is 5.32 Å². The van der Waals surface area contributed by atoms with Crippen molar-refractivity contribution in [3.05, 3.63) is 29.8 Å². The summed E-state index contributed by atoms with van der Waals surface area (Å²) in [7, 11) is 3.85. The fraction of sp³-hybridized carbons (Fsp3) is 0.429. The van der Waals surface area contributed by atoms with Crippen molar-refractivity contribution >= 4 is 17.6 Å². The lowest BCUT2D eigenvalue weighted by Gasteiger charge is -2.17. The Morgan fingerprint density at radius 3 is 2.32 bits per heavy atom. The molecule has 0 aliphatic carbocycles. The van der Waals surface area contributed by atoms with Crippen LogP contribution in [0, 0.1) is 0 Å². The van der Waals surface area contributed by atoms with Gasteiger partial charge in [-0.1, -0.05) is 0 Å². The quantitative estimate of drug-likeness (QED) is 0.823. The molecule has 1 rings (SSSR count). The summed E-state index contributed by atoms with van der Waals surface area (Å²) in [5, 5.41) is 2.64. The van der Waals surface area contributed by atoms with Gasteiger partial charge in [0.05, 0.1) is 5.56 Å². The van der Waals surface area contributed by atoms with Gasteiger partial charge in [-0.15, -0.1) is 0 Å². The van der Waals surface area contributed by atoms with Gasteiger partial charge in [0.15, 0.2) is 0 Å². The largest absolute Gasteiger partial charge is 0.458 e. The van der Waals surface area contributed by atoms with Crippen LogP contribution in [0.15, 0.2) is 24.3 Å². The average molecular weight is 264 g/mol. The van der Waals surface area contributed by atoms with Gasteiger partial charge in [-0.3, -0.25) is 4.79 Å². The van der Waals surface area contributed by atoms with Crippen molar-refractivity contribution in [2.45, 2.75) is 20.0 Å². The summed E-state index contributed by atoms with van der Waals surface area (Å²) in [5.41, 5.74) is 1.13. The van der Waals surface area contributed by atoms with E-state index in [1.54, 1.807) is 24.3 Å². The van der Waals surface area contributed by atoms with Crippen molar-refractivity contribution in [3.8, 4) is 0 Å². The van der Waals surface area contributed by atoms with Gasteiger partial charge in [0.1, 0.15) is 6.10 Å². The molecule has 1 atom stereocenters. The lowest BCUT2D eigenvalue weighted by atomic mass is 10.2. The third kappa shape index (κ3) is 5.52. The van der Waals surface area contributed by atoms with Gasteiger partial charge in [0.2, 0.25) is 5.91 Å². The summed E-state index contributed by atoms with van der Waals surface area (Å²) in [6.45, 7) is 3.96. The summed E-state index contributed by atoms with van der Waals surface area (Å²) in [4.78, 5) is 24.7. The van der Waals surface area contributed by atoms with E-state index in [1.807, 2.05) is 25.9 Å². The number of hydrogen-bond donors (Lipinski definition) is 1. The van der Waals surface area contributed by atoms with Gasteiger partial charge in [-0.25, -0.2) is 4.79 Å². The van der Waals surface area contributed by atoms with Crippen LogP contribution in [-0.4, -0.2) is 43.5 Å². The number of anilines is 1. The van der Waals surface area contributed by atoms with Crippen molar-refractivity contribution in [3.63, 3.8) is 0 Å². The zero-order valence-electron chi connectivity index (χ0n) is 11.8. The summed E-state index contributed by atoms with van der Waals surface area (Å²) < 4.78 is 5.30. The van der Waals surface area contributed by atoms with Crippen molar-refractivity contribution < 1.29 is 14.3 Å². The number of hydrogen-bond acceptors (Lipinski definition) is 4. The molecular formula is C14H20N2O3. The van der Waals surface area contributed by atoms with E-state index in [-0.39, 0.29) is 18.0 Å². The van der Waals surface area contributed by atoms with Crippen LogP contribution in [0.1, 0.15) is 24.2 Å². The molecule has 0 aliphatic rings. The topological polar surface area (TPSA) is 58.6 Å². The Bertz CT molecular complexity index is 441. The van der Waals surface area contributed by atoms with Crippen LogP contribution in [0.25, 0.3) is 0 Å². The molecule has 0 heterocycles. The summed E-state index contributed by atoms with van der Waals surface area (Å²) in [6, 6.07) is 6.62. The van der Waals surface area contributed by atoms with Crippen molar-refractivity contribution in [1.82, 2.24) is 4.90 Å². The molecule has 19 heavy (non-hydrogen) atoms. The minimum absolute atomic E-state index is 0.144. The molecule has 0 fully saturated rings. The second-order valence-electron chi connectivity index (χ2n) is 4.74. The number of nitrogens with one attached hydrogen (secondary N) is 1. The Hall–Kier alpha value is -1.88. The molecule has 0 radical (unpaired) electrons. The fourth-order valence-corrected chi connectivity index (χ4v) is 1.70. The van der Waals surface area contributed by atoms with Crippen LogP contribution >= 0.6 is 0 Å². The smallest absolute Gasteiger partial charge is 0.338 e. The van der Waals surface area contributed by atoms with E-state index in [0.717, 1.165) is 0 Å². The Kier molecular flexibility index (Phi) is 5.51. The standard InChI is InChI=1S/C14H20N2O3/c1-10(9-16(3)4)19-14(18)12-5-7-13(8-6-12)15-11(2)17/h5-8,10H,9H2,1-4H3,(H,15,17)/t10-/m1/s1. The number of esters is 1. The first kappa shape index (κ1) is 15.2. The van der Waals surface area contributed by atoms with E-state index in [4.69, 9.17) is 4.74 Å². The number of likely N-dealkylation sites (N-methyl/N-ethyl adjacent to an activating group) is 1. The number of carbonyl (C=O) groups excluding carboxylic acids is 2. The van der Waals surface area contributed by atoms with Gasteiger partial charge in [-0.2, -0.15) is 0 Å². The number of carbonyl (C=O) groups is 2. The van der Waals surface area contributed by atoms with Crippen LogP contribution in [0.4, 0.5) is 5.69 Å². The maximum absolute atomic E-state index is 11.8. The molecule has 0 saturated carbocycles. The van der Waals surface area contributed by atoms with Gasteiger partial charge >= 0.3 is 5.97 Å². The van der Waals surface area contributed by atoms with Gasteiger partial charge < -0.3 is 15.0 Å². The SMILES string of the molecule is CC(=O)Nc1ccc(C(=O)O[C@H](C)CN(C)C)cc1. The lowest BCUT2D eigenvalue weighted by Crippen LogP contribution is -2.28. The first-order valence-corrected chi connectivity index (χ1v) is 6.12. The minimum atomic E-state index is -0.358. The summed E-state index contributed by atoms with van der Waals surface area (Å²) >= 11 is 0. The van der Waals surface area contributed by atoms with Crippen molar-refractivity contribution in [2.24, 2.45) is 0 Å². The normalized spacial score (nSPS) is 12.1. The first-order chi connectivity index (χ1) is 8.88. The Morgan fingerprint density at radius 2 is 1.84 bits per heavy atom. The number of nitrogens with zero attached hydrogens (tertiary/aromatic N) is 1. The van der Waals surface area contributed by atoms with Crippen LogP contribution in [-0.2, 0) is 9.53 Å². The molecule has 104 valence electrons. The van der Waals surface area contributed by atoms with Gasteiger partial charge in [0, 0.05) is 19.2 Å². The predicted octanol–water partition coefficient (Wildman–Crippen LogP) is 1.75. The van der Waals surface area contributed by atoms with Gasteiger partial charge in [0.25, 0.3) is 0 Å². The molecule has 5 nitrogen and oxygen atoms in total. The third-order valence-electron chi connectivity index (χ3n) is 2.37. The lowest BCUT2D eigenvalue weighted by molar-refractivity contribution is -0.114. The summed E-state index contributed by atoms with van der Waals surface area (Å²) in [5.74, 6) is -0.501. The number of benzene rings is 1. The van der Waals surface area contributed by atoms with E-state index >= 15 is 0 Å². The van der Waals surface area contributed by atoms with Crippen molar-refractivity contribution in [1.29, 1.82) is 0 Å². The molecule has 5 heteroatoms. The molecule has 0 aromatic heterocycles. The highest BCUT2D eigenvalue weighted by Gasteiger charge is 2.12. The maximum atomic E-state index is 11.8. The third-order valence-corrected chi connectivity index (χ3v) is 2.37. The fourth-order valence-electron chi connectivity index (χ4n) is 1.70. The Balaban J connectivity index is 2.60. The number of rotatable bonds is 5. The van der Waals surface area contributed by atoms with Crippen LogP contribution in [0.2, 0.25) is 0 Å². The summed E-state index contributed by atoms with van der Waals surface area (Å²) in [6.07, 6.45) is -0.169. The maximum Gasteiger partial charge on any atom is 0.338 e. The van der Waals surface area contributed by atoms with E-state index in [1.165, 1.54) is 6.92 Å². The van der Waals surface area contributed by atoms with E-state index < -0.39 is 0 Å². The molecule has 0 aliphatic heterocycles. The first-order valence-electron chi connectivity index (χ1n) is 6.12. The van der Waals surface area contributed by atoms with E-state index in [2.05, 4.69) is 5.32 Å².